The summed E-state index contributed by atoms with van der Waals surface area (Å²) in [5.41, 5.74) is 0.198. The molecule has 0 aliphatic rings. The number of anilines is 1. The number of amides is 1. The van der Waals surface area contributed by atoms with E-state index in [4.69, 9.17) is 0 Å². The molecule has 0 heterocycles. The Kier molecular flexibility index (Phi) is 6.31. The molecule has 0 aliphatic carbocycles. The third kappa shape index (κ3) is 5.10. The van der Waals surface area contributed by atoms with Crippen LogP contribution in [0.3, 0.4) is 0 Å². The summed E-state index contributed by atoms with van der Waals surface area (Å²) in [6.45, 7) is -0.511. The molecular weight excluding hydrogens is 397 g/mol. The van der Waals surface area contributed by atoms with E-state index >= 15 is 0 Å². The van der Waals surface area contributed by atoms with Crippen LogP contribution in [0.2, 0.25) is 0 Å². The Bertz CT molecular complexity index is 1040. The number of carbonyl (C=O) groups is 1. The Labute approximate surface area is 157 Å². The zero-order valence-corrected chi connectivity index (χ0v) is 16.1. The highest BCUT2D eigenvalue weighted by atomic mass is 32.2. The lowest BCUT2D eigenvalue weighted by molar-refractivity contribution is -0.116. The van der Waals surface area contributed by atoms with E-state index in [0.717, 1.165) is 28.6 Å². The molecule has 2 N–H and O–H groups in total. The van der Waals surface area contributed by atoms with Crippen molar-refractivity contribution in [1.29, 1.82) is 0 Å². The third-order valence-electron chi connectivity index (χ3n) is 3.58. The minimum atomic E-state index is -3.98. The van der Waals surface area contributed by atoms with Crippen molar-refractivity contribution in [2.24, 2.45) is 0 Å². The molecule has 2 aromatic rings. The molecule has 0 saturated heterocycles. The Morgan fingerprint density at radius 2 is 1.67 bits per heavy atom. The standard InChI is InChI=1S/C16H18FN3O5S2/c1-18-26(22,23)15-5-3-4-13(10-15)19-16(21)11-20(2)27(24,25)14-8-6-12(17)7-9-14/h3-10,18H,11H2,1-2H3,(H,19,21). The van der Waals surface area contributed by atoms with Crippen molar-refractivity contribution in [1.82, 2.24) is 9.03 Å². The Balaban J connectivity index is 2.11. The van der Waals surface area contributed by atoms with Crippen molar-refractivity contribution in [3.05, 3.63) is 54.3 Å². The van der Waals surface area contributed by atoms with Crippen LogP contribution in [0.25, 0.3) is 0 Å². The molecule has 2 rings (SSSR count). The van der Waals surface area contributed by atoms with Gasteiger partial charge in [0.25, 0.3) is 0 Å². The molecule has 0 bridgehead atoms. The average Bonchev–Trinajstić information content (AvgIpc) is 2.62. The van der Waals surface area contributed by atoms with Crippen LogP contribution in [0.15, 0.2) is 58.3 Å². The lowest BCUT2D eigenvalue weighted by atomic mass is 10.3. The molecule has 2 aromatic carbocycles. The minimum Gasteiger partial charge on any atom is -0.325 e. The van der Waals surface area contributed by atoms with Crippen molar-refractivity contribution in [3.63, 3.8) is 0 Å². The number of nitrogens with zero attached hydrogens (tertiary/aromatic N) is 1. The van der Waals surface area contributed by atoms with Gasteiger partial charge in [-0.1, -0.05) is 6.07 Å². The van der Waals surface area contributed by atoms with E-state index in [9.17, 15) is 26.0 Å². The number of carbonyl (C=O) groups excluding carboxylic acids is 1. The van der Waals surface area contributed by atoms with Crippen LogP contribution in [0.1, 0.15) is 0 Å². The summed E-state index contributed by atoms with van der Waals surface area (Å²) in [6.07, 6.45) is 0. The molecule has 0 fully saturated rings. The van der Waals surface area contributed by atoms with Crippen molar-refractivity contribution < 1.29 is 26.0 Å². The highest BCUT2D eigenvalue weighted by Crippen LogP contribution is 2.17. The monoisotopic (exact) mass is 415 g/mol. The van der Waals surface area contributed by atoms with Crippen LogP contribution in [-0.2, 0) is 24.8 Å². The lowest BCUT2D eigenvalue weighted by Gasteiger charge is -2.17. The van der Waals surface area contributed by atoms with Crippen molar-refractivity contribution in [3.8, 4) is 0 Å². The fourth-order valence-electron chi connectivity index (χ4n) is 2.13. The average molecular weight is 415 g/mol. The molecule has 1 amide bonds. The number of halogens is 1. The normalized spacial score (nSPS) is 12.1. The van der Waals surface area contributed by atoms with Gasteiger partial charge in [0.1, 0.15) is 5.82 Å². The molecule has 0 spiro atoms. The number of sulfonamides is 2. The minimum absolute atomic E-state index is 0.0462. The number of benzene rings is 2. The Hall–Kier alpha value is -2.34. The first-order valence-electron chi connectivity index (χ1n) is 7.61. The van der Waals surface area contributed by atoms with Gasteiger partial charge < -0.3 is 5.32 Å². The number of nitrogens with one attached hydrogen (secondary N) is 2. The predicted octanol–water partition coefficient (Wildman–Crippen LogP) is 0.993. The molecule has 0 aliphatic heterocycles. The summed E-state index contributed by atoms with van der Waals surface area (Å²) in [5.74, 6) is -1.24. The summed E-state index contributed by atoms with van der Waals surface area (Å²) in [5, 5.41) is 2.44. The molecule has 0 saturated carbocycles. The molecular formula is C16H18FN3O5S2. The van der Waals surface area contributed by atoms with Gasteiger partial charge in [-0.2, -0.15) is 4.31 Å². The Morgan fingerprint density at radius 1 is 1.04 bits per heavy atom. The second-order valence-electron chi connectivity index (χ2n) is 5.50. The molecule has 27 heavy (non-hydrogen) atoms. The SMILES string of the molecule is CNS(=O)(=O)c1cccc(NC(=O)CN(C)S(=O)(=O)c2ccc(F)cc2)c1. The van der Waals surface area contributed by atoms with Crippen LogP contribution >= 0.6 is 0 Å². The lowest BCUT2D eigenvalue weighted by Crippen LogP contribution is -2.35. The summed E-state index contributed by atoms with van der Waals surface area (Å²) in [4.78, 5) is 11.9. The van der Waals surface area contributed by atoms with E-state index in [-0.39, 0.29) is 15.5 Å². The zero-order valence-electron chi connectivity index (χ0n) is 14.5. The highest BCUT2D eigenvalue weighted by Gasteiger charge is 2.23. The molecule has 0 aromatic heterocycles. The Morgan fingerprint density at radius 3 is 2.26 bits per heavy atom. The van der Waals surface area contributed by atoms with Gasteiger partial charge in [-0.25, -0.2) is 25.9 Å². The third-order valence-corrected chi connectivity index (χ3v) is 6.81. The van der Waals surface area contributed by atoms with Crippen LogP contribution in [0.5, 0.6) is 0 Å². The summed E-state index contributed by atoms with van der Waals surface area (Å²) in [7, 11) is -5.19. The topological polar surface area (TPSA) is 113 Å². The second-order valence-corrected chi connectivity index (χ2v) is 9.43. The van der Waals surface area contributed by atoms with E-state index in [1.807, 2.05) is 0 Å². The predicted molar refractivity (Wildman–Crippen MR) is 97.5 cm³/mol. The number of hydrogen-bond acceptors (Lipinski definition) is 5. The van der Waals surface area contributed by atoms with E-state index in [0.29, 0.717) is 0 Å². The van der Waals surface area contributed by atoms with Gasteiger partial charge in [-0.05, 0) is 49.5 Å². The molecule has 8 nitrogen and oxygen atoms in total. The van der Waals surface area contributed by atoms with Gasteiger partial charge in [-0.15, -0.1) is 0 Å². The first-order chi connectivity index (χ1) is 12.6. The molecule has 0 radical (unpaired) electrons. The molecule has 146 valence electrons. The first kappa shape index (κ1) is 21.0. The summed E-state index contributed by atoms with van der Waals surface area (Å²) < 4.78 is 64.3. The van der Waals surface area contributed by atoms with Gasteiger partial charge in [0.15, 0.2) is 0 Å². The zero-order chi connectivity index (χ0) is 20.2. The first-order valence-corrected chi connectivity index (χ1v) is 10.5. The van der Waals surface area contributed by atoms with Crippen LogP contribution in [0, 0.1) is 5.82 Å². The van der Waals surface area contributed by atoms with Crippen molar-refractivity contribution in [2.45, 2.75) is 9.79 Å². The summed E-state index contributed by atoms with van der Waals surface area (Å²) >= 11 is 0. The maximum atomic E-state index is 13.0. The quantitative estimate of drug-likeness (QED) is 0.700. The maximum absolute atomic E-state index is 13.0. The van der Waals surface area contributed by atoms with Crippen LogP contribution < -0.4 is 10.0 Å². The molecule has 0 unspecified atom stereocenters. The van der Waals surface area contributed by atoms with Gasteiger partial charge >= 0.3 is 0 Å². The van der Waals surface area contributed by atoms with Crippen LogP contribution in [-0.4, -0.2) is 47.7 Å². The highest BCUT2D eigenvalue weighted by molar-refractivity contribution is 7.89. The number of hydrogen-bond donors (Lipinski definition) is 2. The van der Waals surface area contributed by atoms with Crippen LogP contribution in [0.4, 0.5) is 10.1 Å². The largest absolute Gasteiger partial charge is 0.325 e. The van der Waals surface area contributed by atoms with Gasteiger partial charge in [-0.3, -0.25) is 4.79 Å². The van der Waals surface area contributed by atoms with Crippen molar-refractivity contribution >= 4 is 31.6 Å². The van der Waals surface area contributed by atoms with E-state index < -0.39 is 38.3 Å². The molecule has 0 atom stereocenters. The van der Waals surface area contributed by atoms with Gasteiger partial charge in [0.2, 0.25) is 26.0 Å². The fraction of sp³-hybridized carbons (Fsp3) is 0.188. The summed E-state index contributed by atoms with van der Waals surface area (Å²) in [6, 6.07) is 9.74. The van der Waals surface area contributed by atoms with Crippen molar-refractivity contribution in [2.75, 3.05) is 26.0 Å². The van der Waals surface area contributed by atoms with E-state index in [1.54, 1.807) is 0 Å². The number of likely N-dealkylation sites (N-methyl/N-ethyl adjacent to an activating group) is 1. The van der Waals surface area contributed by atoms with E-state index in [2.05, 4.69) is 10.0 Å². The van der Waals surface area contributed by atoms with Gasteiger partial charge in [0.05, 0.1) is 16.3 Å². The van der Waals surface area contributed by atoms with E-state index in [1.165, 1.54) is 38.4 Å². The smallest absolute Gasteiger partial charge is 0.243 e. The second kappa shape index (κ2) is 8.13. The van der Waals surface area contributed by atoms with Gasteiger partial charge in [0, 0.05) is 12.7 Å². The molecule has 11 heteroatoms. The fourth-order valence-corrected chi connectivity index (χ4v) is 4.04. The maximum Gasteiger partial charge on any atom is 0.243 e. The number of rotatable bonds is 7.